The van der Waals surface area contributed by atoms with Gasteiger partial charge in [0.15, 0.2) is 0 Å². The van der Waals surface area contributed by atoms with E-state index in [0.29, 0.717) is 6.54 Å². The highest BCUT2D eigenvalue weighted by Gasteiger charge is 2.20. The lowest BCUT2D eigenvalue weighted by molar-refractivity contribution is -0.125. The Morgan fingerprint density at radius 3 is 2.71 bits per heavy atom. The molecule has 0 unspecified atom stereocenters. The molecule has 1 aliphatic heterocycles. The van der Waals surface area contributed by atoms with E-state index in [1.165, 1.54) is 11.3 Å². The summed E-state index contributed by atoms with van der Waals surface area (Å²) in [6.45, 7) is 8.73. The highest BCUT2D eigenvalue weighted by molar-refractivity contribution is 5.78. The van der Waals surface area contributed by atoms with E-state index >= 15 is 0 Å². The summed E-state index contributed by atoms with van der Waals surface area (Å²) in [7, 11) is 0. The Kier molecular flexibility index (Phi) is 6.05. The Hall–Kier alpha value is -1.55. The fourth-order valence-corrected chi connectivity index (χ4v) is 2.91. The molecule has 21 heavy (non-hydrogen) atoms. The first-order chi connectivity index (χ1) is 10.2. The molecule has 1 heterocycles. The second kappa shape index (κ2) is 8.03. The van der Waals surface area contributed by atoms with Gasteiger partial charge < -0.3 is 15.5 Å². The number of hydrogen-bond donors (Lipinski definition) is 2. The molecular weight excluding hydrogens is 262 g/mol. The van der Waals surface area contributed by atoms with Crippen LogP contribution in [0, 0.1) is 12.8 Å². The standard InChI is InChI=1S/C17H27N3O/c1-3-20(16-7-5-4-6-14(16)2)13-12-19-17(21)15-8-10-18-11-9-15/h4-7,15,18H,3,8-13H2,1-2H3,(H,19,21). The highest BCUT2D eigenvalue weighted by atomic mass is 16.1. The molecular formula is C17H27N3O. The van der Waals surface area contributed by atoms with E-state index in [-0.39, 0.29) is 11.8 Å². The van der Waals surface area contributed by atoms with E-state index in [1.54, 1.807) is 0 Å². The number of hydrogen-bond acceptors (Lipinski definition) is 3. The zero-order valence-electron chi connectivity index (χ0n) is 13.2. The molecule has 1 amide bonds. The molecule has 1 aliphatic rings. The molecule has 2 N–H and O–H groups in total. The van der Waals surface area contributed by atoms with Crippen molar-refractivity contribution in [1.29, 1.82) is 0 Å². The molecule has 0 saturated carbocycles. The average Bonchev–Trinajstić information content (AvgIpc) is 2.53. The van der Waals surface area contributed by atoms with Crippen LogP contribution in [0.2, 0.25) is 0 Å². The molecule has 0 radical (unpaired) electrons. The van der Waals surface area contributed by atoms with Gasteiger partial charge in [0.05, 0.1) is 0 Å². The van der Waals surface area contributed by atoms with Gasteiger partial charge in [0, 0.05) is 31.2 Å². The average molecular weight is 289 g/mol. The van der Waals surface area contributed by atoms with E-state index < -0.39 is 0 Å². The van der Waals surface area contributed by atoms with Crippen molar-refractivity contribution in [2.45, 2.75) is 26.7 Å². The van der Waals surface area contributed by atoms with Crippen LogP contribution in [0.15, 0.2) is 24.3 Å². The number of piperidine rings is 1. The smallest absolute Gasteiger partial charge is 0.223 e. The van der Waals surface area contributed by atoms with Crippen LogP contribution in [0.3, 0.4) is 0 Å². The van der Waals surface area contributed by atoms with E-state index in [1.807, 2.05) is 0 Å². The molecule has 0 aromatic heterocycles. The number of nitrogens with zero attached hydrogens (tertiary/aromatic N) is 1. The SMILES string of the molecule is CCN(CCNC(=O)C1CCNCC1)c1ccccc1C. The fraction of sp³-hybridized carbons (Fsp3) is 0.588. The number of aryl methyl sites for hydroxylation is 1. The van der Waals surface area contributed by atoms with Crippen molar-refractivity contribution in [1.82, 2.24) is 10.6 Å². The molecule has 4 nitrogen and oxygen atoms in total. The van der Waals surface area contributed by atoms with Crippen LogP contribution < -0.4 is 15.5 Å². The summed E-state index contributed by atoms with van der Waals surface area (Å²) >= 11 is 0. The highest BCUT2D eigenvalue weighted by Crippen LogP contribution is 2.18. The number of carbonyl (C=O) groups is 1. The Morgan fingerprint density at radius 1 is 1.33 bits per heavy atom. The molecule has 1 aromatic carbocycles. The molecule has 1 saturated heterocycles. The van der Waals surface area contributed by atoms with Gasteiger partial charge >= 0.3 is 0 Å². The van der Waals surface area contributed by atoms with Gasteiger partial charge in [0.2, 0.25) is 5.91 Å². The Balaban J connectivity index is 1.81. The molecule has 1 fully saturated rings. The lowest BCUT2D eigenvalue weighted by Gasteiger charge is -2.26. The second-order valence-electron chi connectivity index (χ2n) is 5.68. The van der Waals surface area contributed by atoms with Crippen LogP contribution in [-0.4, -0.2) is 38.6 Å². The number of rotatable bonds is 6. The van der Waals surface area contributed by atoms with Crippen molar-refractivity contribution in [2.75, 3.05) is 37.6 Å². The molecule has 0 aliphatic carbocycles. The second-order valence-corrected chi connectivity index (χ2v) is 5.68. The maximum absolute atomic E-state index is 12.1. The summed E-state index contributed by atoms with van der Waals surface area (Å²) < 4.78 is 0. The van der Waals surface area contributed by atoms with Gasteiger partial charge in [-0.25, -0.2) is 0 Å². The van der Waals surface area contributed by atoms with Crippen molar-refractivity contribution in [3.63, 3.8) is 0 Å². The van der Waals surface area contributed by atoms with Gasteiger partial charge in [-0.05, 0) is 51.4 Å². The van der Waals surface area contributed by atoms with Gasteiger partial charge in [0.25, 0.3) is 0 Å². The lowest BCUT2D eigenvalue weighted by Crippen LogP contribution is -2.41. The van der Waals surface area contributed by atoms with Crippen LogP contribution in [0.5, 0.6) is 0 Å². The quantitative estimate of drug-likeness (QED) is 0.841. The molecule has 116 valence electrons. The van der Waals surface area contributed by atoms with Crippen LogP contribution in [0.25, 0.3) is 0 Å². The number of amides is 1. The molecule has 0 bridgehead atoms. The predicted octanol–water partition coefficient (Wildman–Crippen LogP) is 1.94. The van der Waals surface area contributed by atoms with E-state index in [4.69, 9.17) is 0 Å². The summed E-state index contributed by atoms with van der Waals surface area (Å²) in [5.41, 5.74) is 2.54. The van der Waals surface area contributed by atoms with Crippen LogP contribution >= 0.6 is 0 Å². The van der Waals surface area contributed by atoms with Gasteiger partial charge in [-0.3, -0.25) is 4.79 Å². The van der Waals surface area contributed by atoms with Crippen molar-refractivity contribution >= 4 is 11.6 Å². The molecule has 4 heteroatoms. The number of benzene rings is 1. The molecule has 0 atom stereocenters. The third kappa shape index (κ3) is 4.46. The van der Waals surface area contributed by atoms with Crippen LogP contribution in [0.4, 0.5) is 5.69 Å². The van der Waals surface area contributed by atoms with Crippen LogP contribution in [-0.2, 0) is 4.79 Å². The number of likely N-dealkylation sites (N-methyl/N-ethyl adjacent to an activating group) is 1. The first-order valence-corrected chi connectivity index (χ1v) is 8.01. The summed E-state index contributed by atoms with van der Waals surface area (Å²) in [5, 5.41) is 6.39. The monoisotopic (exact) mass is 289 g/mol. The number of para-hydroxylation sites is 1. The first kappa shape index (κ1) is 15.8. The van der Waals surface area contributed by atoms with E-state index in [9.17, 15) is 4.79 Å². The lowest BCUT2D eigenvalue weighted by atomic mass is 9.97. The third-order valence-electron chi connectivity index (χ3n) is 4.23. The van der Waals surface area contributed by atoms with Crippen molar-refractivity contribution < 1.29 is 4.79 Å². The van der Waals surface area contributed by atoms with Gasteiger partial charge in [-0.2, -0.15) is 0 Å². The summed E-state index contributed by atoms with van der Waals surface area (Å²) in [4.78, 5) is 14.4. The normalized spacial score (nSPS) is 15.7. The Labute approximate surface area is 127 Å². The maximum atomic E-state index is 12.1. The van der Waals surface area contributed by atoms with Crippen LogP contribution in [0.1, 0.15) is 25.3 Å². The van der Waals surface area contributed by atoms with Crippen molar-refractivity contribution in [3.05, 3.63) is 29.8 Å². The third-order valence-corrected chi connectivity index (χ3v) is 4.23. The fourth-order valence-electron chi connectivity index (χ4n) is 2.91. The zero-order valence-corrected chi connectivity index (χ0v) is 13.2. The minimum atomic E-state index is 0.194. The molecule has 0 spiro atoms. The number of nitrogens with one attached hydrogen (secondary N) is 2. The largest absolute Gasteiger partial charge is 0.370 e. The van der Waals surface area contributed by atoms with Gasteiger partial charge in [-0.15, -0.1) is 0 Å². The Morgan fingerprint density at radius 2 is 2.05 bits per heavy atom. The Bertz CT molecular complexity index is 455. The number of anilines is 1. The first-order valence-electron chi connectivity index (χ1n) is 8.01. The number of carbonyl (C=O) groups excluding carboxylic acids is 1. The minimum absolute atomic E-state index is 0.194. The zero-order chi connectivity index (χ0) is 15.1. The topological polar surface area (TPSA) is 44.4 Å². The molecule has 1 aromatic rings. The minimum Gasteiger partial charge on any atom is -0.370 e. The maximum Gasteiger partial charge on any atom is 0.223 e. The summed E-state index contributed by atoms with van der Waals surface area (Å²) in [6, 6.07) is 8.41. The van der Waals surface area contributed by atoms with E-state index in [0.717, 1.165) is 39.0 Å². The molecule has 2 rings (SSSR count). The van der Waals surface area contributed by atoms with Crippen molar-refractivity contribution in [3.8, 4) is 0 Å². The predicted molar refractivity (Wildman–Crippen MR) is 87.7 cm³/mol. The van der Waals surface area contributed by atoms with Crippen molar-refractivity contribution in [2.24, 2.45) is 5.92 Å². The van der Waals surface area contributed by atoms with Gasteiger partial charge in [0.1, 0.15) is 0 Å². The van der Waals surface area contributed by atoms with Gasteiger partial charge in [-0.1, -0.05) is 18.2 Å². The van der Waals surface area contributed by atoms with E-state index in [2.05, 4.69) is 53.6 Å². The summed E-state index contributed by atoms with van der Waals surface area (Å²) in [6.07, 6.45) is 1.92. The summed E-state index contributed by atoms with van der Waals surface area (Å²) in [5.74, 6) is 0.414.